The molecular formula is C5H13O14P3. The Morgan fingerprint density at radius 3 is 1.91 bits per heavy atom. The molecule has 1 fully saturated rings. The van der Waals surface area contributed by atoms with E-state index in [1.54, 1.807) is 0 Å². The van der Waals surface area contributed by atoms with Gasteiger partial charge in [0.25, 0.3) is 0 Å². The van der Waals surface area contributed by atoms with Crippen LogP contribution < -0.4 is 0 Å². The molecule has 14 nitrogen and oxygen atoms in total. The van der Waals surface area contributed by atoms with Gasteiger partial charge in [0.1, 0.15) is 18.3 Å². The molecule has 1 saturated heterocycles. The van der Waals surface area contributed by atoms with Crippen molar-refractivity contribution < 1.29 is 66.5 Å². The van der Waals surface area contributed by atoms with Crippen molar-refractivity contribution in [3.63, 3.8) is 0 Å². The van der Waals surface area contributed by atoms with E-state index in [0.717, 1.165) is 0 Å². The summed E-state index contributed by atoms with van der Waals surface area (Å²) >= 11 is 0. The number of aliphatic hydroxyl groups excluding tert-OH is 2. The van der Waals surface area contributed by atoms with Crippen LogP contribution in [0.1, 0.15) is 0 Å². The lowest BCUT2D eigenvalue weighted by Gasteiger charge is -2.18. The molecule has 7 N–H and O–H groups in total. The number of hydrogen-bond acceptors (Lipinski definition) is 9. The molecule has 0 radical (unpaired) electrons. The van der Waals surface area contributed by atoms with E-state index in [2.05, 4.69) is 18.1 Å². The van der Waals surface area contributed by atoms with Gasteiger partial charge in [-0.15, -0.1) is 0 Å². The summed E-state index contributed by atoms with van der Waals surface area (Å²) in [6.45, 7) is -0.905. The maximum atomic E-state index is 11.3. The van der Waals surface area contributed by atoms with Crippen LogP contribution in [0.4, 0.5) is 0 Å². The van der Waals surface area contributed by atoms with Crippen LogP contribution in [0, 0.1) is 0 Å². The van der Waals surface area contributed by atoms with Gasteiger partial charge in [-0.05, 0) is 0 Å². The summed E-state index contributed by atoms with van der Waals surface area (Å²) in [5, 5.41) is 19.0. The van der Waals surface area contributed by atoms with E-state index in [-0.39, 0.29) is 0 Å². The first kappa shape index (κ1) is 20.3. The molecule has 1 aliphatic rings. The molecule has 1 rings (SSSR count). The van der Waals surface area contributed by atoms with E-state index in [4.69, 9.17) is 24.5 Å². The summed E-state index contributed by atoms with van der Waals surface area (Å²) in [6, 6.07) is 0. The van der Waals surface area contributed by atoms with E-state index in [1.165, 1.54) is 0 Å². The third kappa shape index (κ3) is 6.79. The second-order valence-corrected chi connectivity index (χ2v) is 7.98. The fourth-order valence-electron chi connectivity index (χ4n) is 1.39. The molecule has 17 heteroatoms. The minimum atomic E-state index is -5.39. The van der Waals surface area contributed by atoms with Crippen molar-refractivity contribution in [2.24, 2.45) is 0 Å². The summed E-state index contributed by atoms with van der Waals surface area (Å²) in [4.78, 5) is 42.8. The third-order valence-electron chi connectivity index (χ3n) is 2.17. The topological polar surface area (TPSA) is 230 Å². The van der Waals surface area contributed by atoms with Crippen LogP contribution in [0.5, 0.6) is 0 Å². The van der Waals surface area contributed by atoms with E-state index in [9.17, 15) is 23.9 Å². The molecule has 5 atom stereocenters. The van der Waals surface area contributed by atoms with Crippen molar-refractivity contribution in [2.75, 3.05) is 6.61 Å². The lowest BCUT2D eigenvalue weighted by atomic mass is 10.1. The standard InChI is InChI=1S/C5H13O14P3/c6-3-2(1-16-20(8,9)10)17-5(4(3)7)18-22(14,15)19-21(11,12)13/h2-7H,1H2,(H,14,15)(H2,8,9,10)(H2,11,12,13)/t2-,3?,4?,5?/m1/s1. The van der Waals surface area contributed by atoms with Crippen molar-refractivity contribution in [1.82, 2.24) is 0 Å². The zero-order valence-electron chi connectivity index (χ0n) is 10.3. The zero-order valence-corrected chi connectivity index (χ0v) is 13.0. The first-order valence-electron chi connectivity index (χ1n) is 5.20. The molecule has 0 aromatic rings. The third-order valence-corrected chi connectivity index (χ3v) is 4.81. The van der Waals surface area contributed by atoms with E-state index in [0.29, 0.717) is 0 Å². The Hall–Kier alpha value is 0.250. The van der Waals surface area contributed by atoms with Crippen molar-refractivity contribution in [2.45, 2.75) is 24.6 Å². The number of rotatable bonds is 7. The molecule has 4 unspecified atom stereocenters. The van der Waals surface area contributed by atoms with Gasteiger partial charge in [-0.3, -0.25) is 9.05 Å². The first-order valence-corrected chi connectivity index (χ1v) is 9.75. The molecule has 22 heavy (non-hydrogen) atoms. The Morgan fingerprint density at radius 2 is 1.45 bits per heavy atom. The van der Waals surface area contributed by atoms with Gasteiger partial charge < -0.3 is 39.4 Å². The van der Waals surface area contributed by atoms with Crippen LogP contribution in [0.15, 0.2) is 0 Å². The fourth-order valence-corrected chi connectivity index (χ4v) is 3.40. The van der Waals surface area contributed by atoms with Crippen LogP contribution in [0.2, 0.25) is 0 Å². The van der Waals surface area contributed by atoms with Crippen molar-refractivity contribution in [3.8, 4) is 0 Å². The minimum absolute atomic E-state index is 0.905. The molecule has 0 aromatic carbocycles. The molecule has 1 heterocycles. The quantitative estimate of drug-likeness (QED) is 0.228. The Labute approximate surface area is 122 Å². The highest BCUT2D eigenvalue weighted by atomic mass is 31.3. The lowest BCUT2D eigenvalue weighted by Crippen LogP contribution is -2.34. The number of hydrogen-bond donors (Lipinski definition) is 7. The number of ether oxygens (including phenoxy) is 1. The predicted molar refractivity (Wildman–Crippen MR) is 62.7 cm³/mol. The highest BCUT2D eigenvalue weighted by Gasteiger charge is 2.48. The number of aliphatic hydroxyl groups is 2. The summed E-state index contributed by atoms with van der Waals surface area (Å²) in [7, 11) is -15.7. The zero-order chi connectivity index (χ0) is 17.3. The van der Waals surface area contributed by atoms with Crippen LogP contribution in [-0.4, -0.2) is 65.9 Å². The number of phosphoric acid groups is 3. The van der Waals surface area contributed by atoms with Crippen LogP contribution in [-0.2, 0) is 31.8 Å². The van der Waals surface area contributed by atoms with Gasteiger partial charge in [0.15, 0.2) is 6.29 Å². The van der Waals surface area contributed by atoms with Gasteiger partial charge in [-0.2, -0.15) is 4.31 Å². The van der Waals surface area contributed by atoms with Gasteiger partial charge in [-0.1, -0.05) is 0 Å². The van der Waals surface area contributed by atoms with E-state index < -0.39 is 54.7 Å². The maximum absolute atomic E-state index is 11.3. The molecule has 0 saturated carbocycles. The fraction of sp³-hybridized carbons (Fsp3) is 1.00. The second-order valence-electron chi connectivity index (χ2n) is 3.96. The highest BCUT2D eigenvalue weighted by molar-refractivity contribution is 7.60. The predicted octanol–water partition coefficient (Wildman–Crippen LogP) is -2.23. The highest BCUT2D eigenvalue weighted by Crippen LogP contribution is 2.58. The van der Waals surface area contributed by atoms with Crippen molar-refractivity contribution in [1.29, 1.82) is 0 Å². The van der Waals surface area contributed by atoms with Gasteiger partial charge in [0.05, 0.1) is 6.61 Å². The molecule has 0 spiro atoms. The van der Waals surface area contributed by atoms with Crippen LogP contribution >= 0.6 is 23.5 Å². The average Bonchev–Trinajstić information content (AvgIpc) is 2.49. The largest absolute Gasteiger partial charge is 0.483 e. The molecule has 132 valence electrons. The Bertz CT molecular complexity index is 521. The molecule has 0 bridgehead atoms. The molecule has 1 aliphatic heterocycles. The van der Waals surface area contributed by atoms with Gasteiger partial charge in [0, 0.05) is 0 Å². The summed E-state index contributed by atoms with van der Waals surface area (Å²) in [5.41, 5.74) is 0. The first-order chi connectivity index (χ1) is 9.70. The molecule has 0 aliphatic carbocycles. The molecular weight excluding hydrogens is 377 g/mol. The summed E-state index contributed by atoms with van der Waals surface area (Å²) in [6.07, 6.45) is -7.43. The summed E-state index contributed by atoms with van der Waals surface area (Å²) < 4.78 is 48.5. The van der Waals surface area contributed by atoms with Crippen LogP contribution in [0.25, 0.3) is 0 Å². The Morgan fingerprint density at radius 1 is 0.909 bits per heavy atom. The Balaban J connectivity index is 2.68. The van der Waals surface area contributed by atoms with E-state index in [1.807, 2.05) is 0 Å². The molecule has 0 aromatic heterocycles. The summed E-state index contributed by atoms with van der Waals surface area (Å²) in [5.74, 6) is 0. The minimum Gasteiger partial charge on any atom is -0.387 e. The maximum Gasteiger partial charge on any atom is 0.483 e. The van der Waals surface area contributed by atoms with Gasteiger partial charge in [-0.25, -0.2) is 13.7 Å². The van der Waals surface area contributed by atoms with Gasteiger partial charge in [0.2, 0.25) is 0 Å². The smallest absolute Gasteiger partial charge is 0.387 e. The molecule has 0 amide bonds. The van der Waals surface area contributed by atoms with Crippen LogP contribution in [0.3, 0.4) is 0 Å². The Kier molecular flexibility index (Phi) is 6.47. The average molecular weight is 390 g/mol. The van der Waals surface area contributed by atoms with E-state index >= 15 is 0 Å². The number of phosphoric ester groups is 2. The van der Waals surface area contributed by atoms with Crippen molar-refractivity contribution in [3.05, 3.63) is 0 Å². The SMILES string of the molecule is O=P(O)(O)OC[C@H]1OC(OP(=O)(O)OP(=O)(O)O)C(O)C1O. The van der Waals surface area contributed by atoms with Crippen molar-refractivity contribution >= 4 is 23.5 Å². The monoisotopic (exact) mass is 390 g/mol. The van der Waals surface area contributed by atoms with Gasteiger partial charge >= 0.3 is 23.5 Å². The normalized spacial score (nSPS) is 32.9. The second kappa shape index (κ2) is 7.01. The lowest BCUT2D eigenvalue weighted by molar-refractivity contribution is -0.125.